The number of fused-ring (bicyclic) bond motifs is 1. The molecule has 3 heterocycles. The number of rotatable bonds is 4. The maximum absolute atomic E-state index is 13.5. The number of nitrogens with one attached hydrogen (secondary N) is 1. The molecule has 8 nitrogen and oxygen atoms in total. The molecule has 1 fully saturated rings. The Morgan fingerprint density at radius 2 is 1.82 bits per heavy atom. The van der Waals surface area contributed by atoms with Crippen molar-refractivity contribution in [2.45, 2.75) is 12.6 Å². The van der Waals surface area contributed by atoms with Gasteiger partial charge in [-0.05, 0) is 53.9 Å². The van der Waals surface area contributed by atoms with E-state index in [1.807, 2.05) is 11.0 Å². The molecule has 0 atom stereocenters. The number of alkyl halides is 3. The monoisotopic (exact) mass is 518 g/mol. The second-order valence-electron chi connectivity index (χ2n) is 8.97. The number of piperazine rings is 1. The van der Waals surface area contributed by atoms with Crippen LogP contribution < -0.4 is 10.5 Å². The Bertz CT molecular complexity index is 1600. The first-order valence-corrected chi connectivity index (χ1v) is 11.8. The summed E-state index contributed by atoms with van der Waals surface area (Å²) in [5.41, 5.74) is 0.217. The van der Waals surface area contributed by atoms with Gasteiger partial charge in [0.15, 0.2) is 0 Å². The summed E-state index contributed by atoms with van der Waals surface area (Å²) in [5, 5.41) is 15.1. The average Bonchev–Trinajstić information content (AvgIpc) is 2.93. The van der Waals surface area contributed by atoms with Gasteiger partial charge in [0.1, 0.15) is 11.9 Å². The van der Waals surface area contributed by atoms with Crippen molar-refractivity contribution in [2.24, 2.45) is 0 Å². The minimum Gasteiger partial charge on any atom is -0.353 e. The van der Waals surface area contributed by atoms with E-state index in [9.17, 15) is 22.8 Å². The van der Waals surface area contributed by atoms with Crippen molar-refractivity contribution in [3.05, 3.63) is 99.1 Å². The van der Waals surface area contributed by atoms with Gasteiger partial charge < -0.3 is 9.80 Å². The van der Waals surface area contributed by atoms with Crippen molar-refractivity contribution in [1.29, 1.82) is 5.26 Å². The Hall–Kier alpha value is -4.72. The number of amides is 1. The Morgan fingerprint density at radius 1 is 1.03 bits per heavy atom. The number of hydrogen-bond acceptors (Lipinski definition) is 6. The number of hydrogen-bond donors (Lipinski definition) is 1. The SMILES string of the molecule is N#Cc1ccc(N2CCN(C(=O)c3cccc(Cc4cc(C(F)(F)F)cc5c(=O)[nH]ncc45)c3)CC2)nc1. The first-order valence-electron chi connectivity index (χ1n) is 11.8. The minimum atomic E-state index is -4.62. The van der Waals surface area contributed by atoms with Gasteiger partial charge in [-0.25, -0.2) is 10.1 Å². The summed E-state index contributed by atoms with van der Waals surface area (Å²) in [6.07, 6.45) is -1.68. The predicted molar refractivity (Wildman–Crippen MR) is 134 cm³/mol. The molecule has 2 aromatic carbocycles. The first-order chi connectivity index (χ1) is 18.2. The molecule has 192 valence electrons. The molecule has 0 saturated carbocycles. The highest BCUT2D eigenvalue weighted by molar-refractivity contribution is 5.94. The van der Waals surface area contributed by atoms with E-state index in [1.165, 1.54) is 12.4 Å². The van der Waals surface area contributed by atoms with E-state index in [-0.39, 0.29) is 17.7 Å². The van der Waals surface area contributed by atoms with Gasteiger partial charge in [0.05, 0.1) is 22.7 Å². The second kappa shape index (κ2) is 9.97. The van der Waals surface area contributed by atoms with Crippen LogP contribution >= 0.6 is 0 Å². The third kappa shape index (κ3) is 5.06. The Labute approximate surface area is 215 Å². The van der Waals surface area contributed by atoms with Crippen LogP contribution in [0.15, 0.2) is 65.7 Å². The fourth-order valence-corrected chi connectivity index (χ4v) is 4.57. The third-order valence-corrected chi connectivity index (χ3v) is 6.53. The zero-order valence-electron chi connectivity index (χ0n) is 20.0. The normalized spacial score (nSPS) is 13.9. The van der Waals surface area contributed by atoms with Crippen LogP contribution in [0.5, 0.6) is 0 Å². The maximum atomic E-state index is 13.5. The number of aromatic amines is 1. The van der Waals surface area contributed by atoms with Crippen LogP contribution in [0.4, 0.5) is 19.0 Å². The van der Waals surface area contributed by atoms with E-state index in [4.69, 9.17) is 5.26 Å². The van der Waals surface area contributed by atoms with E-state index in [2.05, 4.69) is 15.2 Å². The first kappa shape index (κ1) is 25.0. The van der Waals surface area contributed by atoms with Gasteiger partial charge in [0, 0.05) is 43.3 Å². The quantitative estimate of drug-likeness (QED) is 0.441. The van der Waals surface area contributed by atoms with Crippen LogP contribution in [-0.4, -0.2) is 52.2 Å². The number of H-pyrrole nitrogens is 1. The number of aromatic nitrogens is 3. The number of pyridine rings is 1. The van der Waals surface area contributed by atoms with Crippen molar-refractivity contribution in [2.75, 3.05) is 31.1 Å². The fraction of sp³-hybridized carbons (Fsp3) is 0.222. The fourth-order valence-electron chi connectivity index (χ4n) is 4.57. The van der Waals surface area contributed by atoms with E-state index in [1.54, 1.807) is 41.3 Å². The number of nitriles is 1. The molecule has 1 saturated heterocycles. The van der Waals surface area contributed by atoms with Crippen LogP contribution in [-0.2, 0) is 12.6 Å². The summed E-state index contributed by atoms with van der Waals surface area (Å²) >= 11 is 0. The van der Waals surface area contributed by atoms with Crippen molar-refractivity contribution < 1.29 is 18.0 Å². The number of halogens is 3. The lowest BCUT2D eigenvalue weighted by Gasteiger charge is -2.35. The maximum Gasteiger partial charge on any atom is 0.416 e. The van der Waals surface area contributed by atoms with Gasteiger partial charge in [0.25, 0.3) is 11.5 Å². The topological polar surface area (TPSA) is 106 Å². The van der Waals surface area contributed by atoms with Crippen LogP contribution in [0.3, 0.4) is 0 Å². The van der Waals surface area contributed by atoms with Crippen LogP contribution in [0.25, 0.3) is 10.8 Å². The molecule has 0 aliphatic carbocycles. The molecule has 4 aromatic rings. The Balaban J connectivity index is 1.34. The van der Waals surface area contributed by atoms with Crippen LogP contribution in [0.1, 0.15) is 32.6 Å². The van der Waals surface area contributed by atoms with Crippen molar-refractivity contribution >= 4 is 22.5 Å². The van der Waals surface area contributed by atoms with E-state index in [0.29, 0.717) is 53.8 Å². The summed E-state index contributed by atoms with van der Waals surface area (Å²) in [6, 6.07) is 14.1. The molecule has 2 aromatic heterocycles. The Morgan fingerprint density at radius 3 is 2.50 bits per heavy atom. The number of benzene rings is 2. The molecule has 0 unspecified atom stereocenters. The summed E-state index contributed by atoms with van der Waals surface area (Å²) in [6.45, 7) is 2.08. The van der Waals surface area contributed by atoms with Crippen LogP contribution in [0.2, 0.25) is 0 Å². The number of carbonyl (C=O) groups is 1. The number of carbonyl (C=O) groups excluding carboxylic acids is 1. The minimum absolute atomic E-state index is 0.0881. The zero-order chi connectivity index (χ0) is 26.9. The van der Waals surface area contributed by atoms with Gasteiger partial charge in [-0.1, -0.05) is 12.1 Å². The highest BCUT2D eigenvalue weighted by Gasteiger charge is 2.32. The van der Waals surface area contributed by atoms with Gasteiger partial charge in [-0.15, -0.1) is 0 Å². The summed E-state index contributed by atoms with van der Waals surface area (Å²) in [5.74, 6) is 0.561. The molecule has 5 rings (SSSR count). The molecule has 1 aliphatic heterocycles. The summed E-state index contributed by atoms with van der Waals surface area (Å²) in [7, 11) is 0. The predicted octanol–water partition coefficient (Wildman–Crippen LogP) is 3.76. The molecule has 38 heavy (non-hydrogen) atoms. The highest BCUT2D eigenvalue weighted by Crippen LogP contribution is 2.33. The lowest BCUT2D eigenvalue weighted by Crippen LogP contribution is -2.49. The molecule has 1 amide bonds. The second-order valence-corrected chi connectivity index (χ2v) is 8.97. The highest BCUT2D eigenvalue weighted by atomic mass is 19.4. The van der Waals surface area contributed by atoms with Gasteiger partial charge in [-0.2, -0.15) is 23.5 Å². The zero-order valence-corrected chi connectivity index (χ0v) is 20.0. The lowest BCUT2D eigenvalue weighted by molar-refractivity contribution is -0.137. The molecule has 11 heteroatoms. The number of nitrogens with zero attached hydrogens (tertiary/aromatic N) is 5. The van der Waals surface area contributed by atoms with Crippen molar-refractivity contribution in [3.8, 4) is 6.07 Å². The Kier molecular flexibility index (Phi) is 6.55. The summed E-state index contributed by atoms with van der Waals surface area (Å²) in [4.78, 5) is 33.5. The molecule has 0 spiro atoms. The molecular weight excluding hydrogens is 497 g/mol. The summed E-state index contributed by atoms with van der Waals surface area (Å²) < 4.78 is 40.5. The standard InChI is InChI=1S/C27H21F3N6O2/c28-27(29,30)21-12-20(23-16-33-34-25(37)22(23)13-21)11-17-2-1-3-19(10-17)26(38)36-8-6-35(7-9-36)24-5-4-18(14-31)15-32-24/h1-5,10,12-13,15-16H,6-9,11H2,(H,34,37). The van der Waals surface area contributed by atoms with E-state index in [0.717, 1.165) is 18.0 Å². The largest absolute Gasteiger partial charge is 0.416 e. The average molecular weight is 518 g/mol. The van der Waals surface area contributed by atoms with Gasteiger partial charge in [-0.3, -0.25) is 9.59 Å². The molecule has 1 aliphatic rings. The smallest absolute Gasteiger partial charge is 0.353 e. The van der Waals surface area contributed by atoms with E-state index < -0.39 is 17.3 Å². The van der Waals surface area contributed by atoms with Gasteiger partial charge >= 0.3 is 6.18 Å². The lowest BCUT2D eigenvalue weighted by atomic mass is 9.96. The van der Waals surface area contributed by atoms with Crippen molar-refractivity contribution in [1.82, 2.24) is 20.1 Å². The third-order valence-electron chi connectivity index (χ3n) is 6.53. The van der Waals surface area contributed by atoms with Crippen molar-refractivity contribution in [3.63, 3.8) is 0 Å². The van der Waals surface area contributed by atoms with E-state index >= 15 is 0 Å². The molecule has 0 bridgehead atoms. The van der Waals surface area contributed by atoms with Gasteiger partial charge in [0.2, 0.25) is 0 Å². The molecule has 1 N–H and O–H groups in total. The molecular formula is C27H21F3N6O2. The van der Waals surface area contributed by atoms with Crippen LogP contribution in [0, 0.1) is 11.3 Å². The number of anilines is 1. The molecule has 0 radical (unpaired) electrons.